The van der Waals surface area contributed by atoms with E-state index in [1.165, 1.54) is 18.9 Å². The van der Waals surface area contributed by atoms with Gasteiger partial charge in [0.05, 0.1) is 0 Å². The molecule has 2 amide bonds. The summed E-state index contributed by atoms with van der Waals surface area (Å²) in [4.78, 5) is 24.3. The lowest BCUT2D eigenvalue weighted by Crippen LogP contribution is -2.39. The summed E-state index contributed by atoms with van der Waals surface area (Å²) >= 11 is 0. The molecule has 5 heteroatoms. The van der Waals surface area contributed by atoms with Crippen LogP contribution in [0.2, 0.25) is 0 Å². The maximum absolute atomic E-state index is 12.1. The minimum atomic E-state index is -0.983. The van der Waals surface area contributed by atoms with Gasteiger partial charge in [-0.2, -0.15) is 0 Å². The number of amides is 2. The number of nitrogens with one attached hydrogen (secondary N) is 1. The number of anilines is 1. The van der Waals surface area contributed by atoms with Crippen LogP contribution in [0.15, 0.2) is 30.3 Å². The molecule has 0 aromatic heterocycles. The zero-order valence-corrected chi connectivity index (χ0v) is 12.2. The number of carbonyl (C=O) groups is 2. The monoisotopic (exact) mass is 288 g/mol. The molecule has 5 nitrogen and oxygen atoms in total. The minimum absolute atomic E-state index is 0.122. The highest BCUT2D eigenvalue weighted by Gasteiger charge is 2.32. The van der Waals surface area contributed by atoms with Crippen molar-refractivity contribution >= 4 is 23.8 Å². The van der Waals surface area contributed by atoms with Crippen LogP contribution in [0.25, 0.3) is 6.08 Å². The third-order valence-electron chi connectivity index (χ3n) is 3.82. The molecule has 1 aromatic carbocycles. The molecule has 1 aromatic rings. The fraction of sp³-hybridized carbons (Fsp3) is 0.375. The molecule has 0 radical (unpaired) electrons. The molecule has 1 aliphatic carbocycles. The van der Waals surface area contributed by atoms with E-state index >= 15 is 0 Å². The van der Waals surface area contributed by atoms with Crippen molar-refractivity contribution in [2.45, 2.75) is 25.8 Å². The smallest absolute Gasteiger partial charge is 0.328 e. The molecule has 1 saturated carbocycles. The van der Waals surface area contributed by atoms with Gasteiger partial charge in [0.25, 0.3) is 0 Å². The van der Waals surface area contributed by atoms with E-state index in [4.69, 9.17) is 5.11 Å². The Morgan fingerprint density at radius 1 is 1.33 bits per heavy atom. The van der Waals surface area contributed by atoms with Crippen molar-refractivity contribution in [3.05, 3.63) is 35.9 Å². The molecule has 112 valence electrons. The number of urea groups is 1. The molecule has 21 heavy (non-hydrogen) atoms. The van der Waals surface area contributed by atoms with E-state index in [9.17, 15) is 9.59 Å². The van der Waals surface area contributed by atoms with Gasteiger partial charge in [0.1, 0.15) is 0 Å². The highest BCUT2D eigenvalue weighted by molar-refractivity contribution is 5.89. The van der Waals surface area contributed by atoms with Gasteiger partial charge in [0.15, 0.2) is 0 Å². The molecule has 0 spiro atoms. The van der Waals surface area contributed by atoms with Crippen molar-refractivity contribution in [1.82, 2.24) is 4.90 Å². The molecule has 0 aliphatic heterocycles. The highest BCUT2D eigenvalue weighted by Crippen LogP contribution is 2.34. The Hall–Kier alpha value is -2.30. The number of hydrogen-bond acceptors (Lipinski definition) is 2. The topological polar surface area (TPSA) is 69.6 Å². The first-order valence-corrected chi connectivity index (χ1v) is 7.02. The summed E-state index contributed by atoms with van der Waals surface area (Å²) in [5, 5.41) is 11.4. The van der Waals surface area contributed by atoms with Crippen LogP contribution < -0.4 is 5.32 Å². The summed E-state index contributed by atoms with van der Waals surface area (Å²) in [6.45, 7) is 2.07. The number of nitrogens with zero attached hydrogens (tertiary/aromatic N) is 1. The van der Waals surface area contributed by atoms with Crippen LogP contribution in [0.1, 0.15) is 25.3 Å². The summed E-state index contributed by atoms with van der Waals surface area (Å²) < 4.78 is 0. The van der Waals surface area contributed by atoms with Crippen molar-refractivity contribution in [1.29, 1.82) is 0 Å². The molecule has 2 rings (SSSR count). The van der Waals surface area contributed by atoms with Crippen molar-refractivity contribution in [3.8, 4) is 0 Å². The van der Waals surface area contributed by atoms with E-state index in [0.29, 0.717) is 11.6 Å². The molecule has 0 bridgehead atoms. The first-order chi connectivity index (χ1) is 9.97. The standard InChI is InChI=1S/C16H20N2O3/c1-11(13-6-7-13)18(2)16(21)17-14-8-3-12(4-9-14)5-10-15(19)20/h3-5,8-11,13H,6-7H2,1-2H3,(H,17,21)(H,19,20). The van der Waals surface area contributed by atoms with Crippen LogP contribution in [0.4, 0.5) is 10.5 Å². The minimum Gasteiger partial charge on any atom is -0.478 e. The predicted octanol–water partition coefficient (Wildman–Crippen LogP) is 3.05. The lowest BCUT2D eigenvalue weighted by molar-refractivity contribution is -0.131. The normalized spacial score (nSPS) is 15.7. The Bertz CT molecular complexity index is 547. The van der Waals surface area contributed by atoms with E-state index in [0.717, 1.165) is 11.6 Å². The second-order valence-electron chi connectivity index (χ2n) is 5.41. The van der Waals surface area contributed by atoms with Gasteiger partial charge in [0, 0.05) is 24.9 Å². The zero-order chi connectivity index (χ0) is 15.4. The molecule has 1 fully saturated rings. The van der Waals surface area contributed by atoms with Crippen LogP contribution in [0.3, 0.4) is 0 Å². The van der Waals surface area contributed by atoms with E-state index < -0.39 is 5.97 Å². The molecule has 2 N–H and O–H groups in total. The van der Waals surface area contributed by atoms with E-state index in [2.05, 4.69) is 12.2 Å². The van der Waals surface area contributed by atoms with Gasteiger partial charge < -0.3 is 15.3 Å². The Kier molecular flexibility index (Phi) is 4.62. The van der Waals surface area contributed by atoms with Crippen LogP contribution in [-0.2, 0) is 4.79 Å². The number of benzene rings is 1. The number of carboxylic acids is 1. The molecule has 0 heterocycles. The van der Waals surface area contributed by atoms with Crippen molar-refractivity contribution in [2.75, 3.05) is 12.4 Å². The maximum Gasteiger partial charge on any atom is 0.328 e. The Balaban J connectivity index is 1.93. The van der Waals surface area contributed by atoms with Crippen LogP contribution in [-0.4, -0.2) is 35.1 Å². The molecule has 1 aliphatic rings. The first kappa shape index (κ1) is 15.1. The summed E-state index contributed by atoms with van der Waals surface area (Å²) in [7, 11) is 1.81. The van der Waals surface area contributed by atoms with Gasteiger partial charge in [-0.25, -0.2) is 9.59 Å². The summed E-state index contributed by atoms with van der Waals surface area (Å²) in [6, 6.07) is 7.18. The third-order valence-corrected chi connectivity index (χ3v) is 3.82. The molecule has 0 saturated heterocycles. The molecule has 1 unspecified atom stereocenters. The van der Waals surface area contributed by atoms with Gasteiger partial charge in [-0.15, -0.1) is 0 Å². The quantitative estimate of drug-likeness (QED) is 0.818. The van der Waals surface area contributed by atoms with E-state index in [-0.39, 0.29) is 12.1 Å². The average Bonchev–Trinajstić information content (AvgIpc) is 3.29. The number of carboxylic acid groups (broad SMARTS) is 1. The van der Waals surface area contributed by atoms with Gasteiger partial charge in [0.2, 0.25) is 0 Å². The Labute approximate surface area is 124 Å². The fourth-order valence-electron chi connectivity index (χ4n) is 2.14. The summed E-state index contributed by atoms with van der Waals surface area (Å²) in [5.74, 6) is -0.354. The van der Waals surface area contributed by atoms with Gasteiger partial charge in [-0.3, -0.25) is 0 Å². The van der Waals surface area contributed by atoms with Crippen LogP contribution in [0.5, 0.6) is 0 Å². The van der Waals surface area contributed by atoms with Crippen molar-refractivity contribution < 1.29 is 14.7 Å². The lowest BCUT2D eigenvalue weighted by Gasteiger charge is -2.25. The summed E-state index contributed by atoms with van der Waals surface area (Å²) in [5.41, 5.74) is 1.47. The third kappa shape index (κ3) is 4.34. The van der Waals surface area contributed by atoms with E-state index in [1.54, 1.807) is 29.2 Å². The van der Waals surface area contributed by atoms with Gasteiger partial charge in [-0.1, -0.05) is 12.1 Å². The predicted molar refractivity (Wildman–Crippen MR) is 82.1 cm³/mol. The maximum atomic E-state index is 12.1. The molecular weight excluding hydrogens is 268 g/mol. The second-order valence-corrected chi connectivity index (χ2v) is 5.41. The van der Waals surface area contributed by atoms with Gasteiger partial charge in [-0.05, 0) is 49.5 Å². The highest BCUT2D eigenvalue weighted by atomic mass is 16.4. The summed E-state index contributed by atoms with van der Waals surface area (Å²) in [6.07, 6.45) is 4.99. The number of rotatable bonds is 5. The fourth-order valence-corrected chi connectivity index (χ4v) is 2.14. The average molecular weight is 288 g/mol. The molecular formula is C16H20N2O3. The lowest BCUT2D eigenvalue weighted by atomic mass is 10.2. The SMILES string of the molecule is CC(C1CC1)N(C)C(=O)Nc1ccc(C=CC(=O)O)cc1. The largest absolute Gasteiger partial charge is 0.478 e. The number of carbonyl (C=O) groups excluding carboxylic acids is 1. The van der Waals surface area contributed by atoms with Crippen LogP contribution >= 0.6 is 0 Å². The number of aliphatic carboxylic acids is 1. The van der Waals surface area contributed by atoms with E-state index in [1.807, 2.05) is 7.05 Å². The first-order valence-electron chi connectivity index (χ1n) is 7.02. The second kappa shape index (κ2) is 6.43. The van der Waals surface area contributed by atoms with Gasteiger partial charge >= 0.3 is 12.0 Å². The van der Waals surface area contributed by atoms with Crippen LogP contribution in [0, 0.1) is 5.92 Å². The number of hydrogen-bond donors (Lipinski definition) is 2. The molecule has 1 atom stereocenters. The Morgan fingerprint density at radius 3 is 2.48 bits per heavy atom. The van der Waals surface area contributed by atoms with Crippen molar-refractivity contribution in [3.63, 3.8) is 0 Å². The Morgan fingerprint density at radius 2 is 1.95 bits per heavy atom. The van der Waals surface area contributed by atoms with Crippen molar-refractivity contribution in [2.24, 2.45) is 5.92 Å². The zero-order valence-electron chi connectivity index (χ0n) is 12.2.